The topological polar surface area (TPSA) is 26.0 Å². The smallest absolute Gasteiger partial charge is 0.0211 e. The van der Waals surface area contributed by atoms with Crippen molar-refractivity contribution in [2.24, 2.45) is 34.3 Å². The molecule has 0 aromatic carbocycles. The normalized spacial score (nSPS) is 47.4. The van der Waals surface area contributed by atoms with Gasteiger partial charge in [0.15, 0.2) is 0 Å². The second-order valence-corrected chi connectivity index (χ2v) is 7.62. The maximum absolute atomic E-state index is 6.73. The number of hydrogen-bond donors (Lipinski definition) is 1. The Morgan fingerprint density at radius 2 is 1.38 bits per heavy atom. The highest BCUT2D eigenvalue weighted by atomic mass is 14.8. The molecule has 0 aromatic rings. The van der Waals surface area contributed by atoms with Crippen molar-refractivity contribution in [3.8, 4) is 0 Å². The molecule has 1 rings (SSSR count). The highest BCUT2D eigenvalue weighted by Gasteiger charge is 2.55. The molecule has 1 nitrogen and oxygen atoms in total. The Hall–Kier alpha value is -0.0400. The summed E-state index contributed by atoms with van der Waals surface area (Å²) in [6, 6.07) is 0. The van der Waals surface area contributed by atoms with Crippen molar-refractivity contribution in [1.29, 1.82) is 0 Å². The summed E-state index contributed by atoms with van der Waals surface area (Å²) in [6.45, 7) is 18.8. The molecule has 1 aliphatic rings. The largest absolute Gasteiger partial charge is 0.325 e. The molecule has 1 saturated carbocycles. The van der Waals surface area contributed by atoms with Crippen molar-refractivity contribution < 1.29 is 0 Å². The predicted octanol–water partition coefficient (Wildman–Crippen LogP) is 4.07. The van der Waals surface area contributed by atoms with Crippen LogP contribution in [0.4, 0.5) is 0 Å². The van der Waals surface area contributed by atoms with E-state index in [-0.39, 0.29) is 11.0 Å². The molecule has 0 spiro atoms. The second kappa shape index (κ2) is 3.73. The van der Waals surface area contributed by atoms with E-state index >= 15 is 0 Å². The molecule has 16 heavy (non-hydrogen) atoms. The van der Waals surface area contributed by atoms with E-state index in [0.717, 1.165) is 5.92 Å². The lowest BCUT2D eigenvalue weighted by atomic mass is 9.55. The summed E-state index contributed by atoms with van der Waals surface area (Å²) >= 11 is 0. The molecule has 1 fully saturated rings. The van der Waals surface area contributed by atoms with E-state index in [1.165, 1.54) is 6.42 Å². The molecule has 96 valence electrons. The van der Waals surface area contributed by atoms with Gasteiger partial charge >= 0.3 is 0 Å². The van der Waals surface area contributed by atoms with Crippen molar-refractivity contribution in [3.05, 3.63) is 0 Å². The molecular weight excluding hydrogens is 194 g/mol. The lowest BCUT2D eigenvalue weighted by Crippen LogP contribution is -2.60. The third kappa shape index (κ3) is 1.72. The van der Waals surface area contributed by atoms with Crippen LogP contribution in [0.1, 0.15) is 61.8 Å². The molecular formula is C15H31N. The standard InChI is InChI=1S/C15H31N/c1-10-9-13(4,5)14(6,7)15(8,16)12(3)11(10)2/h10-12H,9,16H2,1-8H3. The molecule has 2 N–H and O–H groups in total. The van der Waals surface area contributed by atoms with Crippen LogP contribution in [0.5, 0.6) is 0 Å². The average molecular weight is 225 g/mol. The number of rotatable bonds is 0. The van der Waals surface area contributed by atoms with Crippen LogP contribution in [0, 0.1) is 28.6 Å². The Kier molecular flexibility index (Phi) is 3.27. The Morgan fingerprint density at radius 1 is 0.938 bits per heavy atom. The molecule has 1 aliphatic carbocycles. The van der Waals surface area contributed by atoms with E-state index in [2.05, 4.69) is 55.4 Å². The molecule has 0 aliphatic heterocycles. The quantitative estimate of drug-likeness (QED) is 0.618. The van der Waals surface area contributed by atoms with Gasteiger partial charge in [-0.2, -0.15) is 0 Å². The van der Waals surface area contributed by atoms with Crippen molar-refractivity contribution in [2.75, 3.05) is 0 Å². The minimum absolute atomic E-state index is 0.0966. The molecule has 0 amide bonds. The van der Waals surface area contributed by atoms with Gasteiger partial charge in [-0.15, -0.1) is 0 Å². The highest BCUT2D eigenvalue weighted by Crippen LogP contribution is 2.56. The van der Waals surface area contributed by atoms with Crippen molar-refractivity contribution in [3.63, 3.8) is 0 Å². The Morgan fingerprint density at radius 3 is 1.81 bits per heavy atom. The molecule has 1 heteroatoms. The van der Waals surface area contributed by atoms with Gasteiger partial charge in [0, 0.05) is 5.54 Å². The summed E-state index contributed by atoms with van der Waals surface area (Å²) in [6.07, 6.45) is 1.28. The minimum Gasteiger partial charge on any atom is -0.325 e. The van der Waals surface area contributed by atoms with Gasteiger partial charge in [-0.3, -0.25) is 0 Å². The van der Waals surface area contributed by atoms with E-state index in [0.29, 0.717) is 17.3 Å². The average Bonchev–Trinajstić information content (AvgIpc) is 2.14. The van der Waals surface area contributed by atoms with Crippen LogP contribution in [0.2, 0.25) is 0 Å². The summed E-state index contributed by atoms with van der Waals surface area (Å²) in [5, 5.41) is 0. The van der Waals surface area contributed by atoms with Crippen LogP contribution >= 0.6 is 0 Å². The van der Waals surface area contributed by atoms with E-state index in [1.807, 2.05) is 0 Å². The fourth-order valence-corrected chi connectivity index (χ4v) is 3.58. The van der Waals surface area contributed by atoms with Gasteiger partial charge in [-0.25, -0.2) is 0 Å². The summed E-state index contributed by atoms with van der Waals surface area (Å²) in [5.41, 5.74) is 7.10. The zero-order valence-corrected chi connectivity index (χ0v) is 12.5. The molecule has 0 heterocycles. The van der Waals surface area contributed by atoms with Gasteiger partial charge in [0.05, 0.1) is 0 Å². The van der Waals surface area contributed by atoms with Gasteiger partial charge in [0.1, 0.15) is 0 Å². The SMILES string of the molecule is CC1CC(C)(C)C(C)(C)C(C)(N)C(C)C1C. The van der Waals surface area contributed by atoms with Crippen LogP contribution in [0.3, 0.4) is 0 Å². The van der Waals surface area contributed by atoms with E-state index in [4.69, 9.17) is 5.73 Å². The van der Waals surface area contributed by atoms with Crippen LogP contribution in [0.25, 0.3) is 0 Å². The van der Waals surface area contributed by atoms with Crippen molar-refractivity contribution in [1.82, 2.24) is 0 Å². The zero-order chi connectivity index (χ0) is 12.9. The maximum atomic E-state index is 6.73. The number of hydrogen-bond acceptors (Lipinski definition) is 1. The Labute approximate surface area is 102 Å². The molecule has 4 unspecified atom stereocenters. The number of nitrogens with two attached hydrogens (primary N) is 1. The van der Waals surface area contributed by atoms with Crippen LogP contribution in [0.15, 0.2) is 0 Å². The van der Waals surface area contributed by atoms with E-state index < -0.39 is 0 Å². The molecule has 0 bridgehead atoms. The summed E-state index contributed by atoms with van der Waals surface area (Å²) in [4.78, 5) is 0. The fraction of sp³-hybridized carbons (Fsp3) is 1.00. The highest BCUT2D eigenvalue weighted by molar-refractivity contribution is 5.08. The third-order valence-electron chi connectivity index (χ3n) is 6.50. The first-order valence-corrected chi connectivity index (χ1v) is 6.74. The van der Waals surface area contributed by atoms with Crippen LogP contribution in [-0.2, 0) is 0 Å². The van der Waals surface area contributed by atoms with Crippen LogP contribution < -0.4 is 5.73 Å². The van der Waals surface area contributed by atoms with Gasteiger partial charge in [-0.1, -0.05) is 48.5 Å². The maximum Gasteiger partial charge on any atom is 0.0211 e. The Bertz CT molecular complexity index is 263. The van der Waals surface area contributed by atoms with Crippen molar-refractivity contribution in [2.45, 2.75) is 67.3 Å². The van der Waals surface area contributed by atoms with Crippen LogP contribution in [-0.4, -0.2) is 5.54 Å². The lowest BCUT2D eigenvalue weighted by Gasteiger charge is -2.53. The molecule has 0 aromatic heterocycles. The fourth-order valence-electron chi connectivity index (χ4n) is 3.58. The summed E-state index contributed by atoms with van der Waals surface area (Å²) < 4.78 is 0. The van der Waals surface area contributed by atoms with E-state index in [9.17, 15) is 0 Å². The van der Waals surface area contributed by atoms with Crippen molar-refractivity contribution >= 4 is 0 Å². The molecule has 4 atom stereocenters. The molecule has 0 radical (unpaired) electrons. The first-order chi connectivity index (χ1) is 6.95. The molecule has 0 saturated heterocycles. The predicted molar refractivity (Wildman–Crippen MR) is 72.3 cm³/mol. The van der Waals surface area contributed by atoms with E-state index in [1.54, 1.807) is 0 Å². The summed E-state index contributed by atoms with van der Waals surface area (Å²) in [7, 11) is 0. The first kappa shape index (κ1) is 14.0. The van der Waals surface area contributed by atoms with Gasteiger partial charge in [-0.05, 0) is 41.9 Å². The summed E-state index contributed by atoms with van der Waals surface area (Å²) in [5.74, 6) is 2.03. The first-order valence-electron chi connectivity index (χ1n) is 6.74. The zero-order valence-electron chi connectivity index (χ0n) is 12.5. The monoisotopic (exact) mass is 225 g/mol. The Balaban J connectivity index is 3.28. The lowest BCUT2D eigenvalue weighted by molar-refractivity contribution is 0.00497. The second-order valence-electron chi connectivity index (χ2n) is 7.62. The van der Waals surface area contributed by atoms with Gasteiger partial charge in [0.25, 0.3) is 0 Å². The van der Waals surface area contributed by atoms with Gasteiger partial charge < -0.3 is 5.73 Å². The minimum atomic E-state index is -0.0966. The third-order valence-corrected chi connectivity index (χ3v) is 6.50. The van der Waals surface area contributed by atoms with Gasteiger partial charge in [0.2, 0.25) is 0 Å².